The van der Waals surface area contributed by atoms with E-state index in [9.17, 15) is 0 Å². The van der Waals surface area contributed by atoms with Gasteiger partial charge in [-0.3, -0.25) is 0 Å². The van der Waals surface area contributed by atoms with E-state index in [1.807, 2.05) is 0 Å². The van der Waals surface area contributed by atoms with Crippen molar-refractivity contribution < 1.29 is 0 Å². The van der Waals surface area contributed by atoms with Gasteiger partial charge in [0.15, 0.2) is 0 Å². The fourth-order valence-electron chi connectivity index (χ4n) is 5.08. The molecule has 3 aromatic rings. The van der Waals surface area contributed by atoms with Gasteiger partial charge in [-0.25, -0.2) is 0 Å². The molecule has 0 aromatic heterocycles. The highest BCUT2D eigenvalue weighted by Gasteiger charge is 2.28. The lowest BCUT2D eigenvalue weighted by Crippen LogP contribution is -2.15. The van der Waals surface area contributed by atoms with Crippen LogP contribution in [0.4, 0.5) is 0 Å². The van der Waals surface area contributed by atoms with Crippen LogP contribution in [0.5, 0.6) is 0 Å². The first-order valence-corrected chi connectivity index (χ1v) is 9.73. The Bertz CT molecular complexity index is 1020. The zero-order chi connectivity index (χ0) is 17.7. The highest BCUT2D eigenvalue weighted by atomic mass is 14.3. The molecule has 1 unspecified atom stereocenters. The lowest BCUT2D eigenvalue weighted by Gasteiger charge is -2.32. The van der Waals surface area contributed by atoms with Gasteiger partial charge in [-0.1, -0.05) is 73.7 Å². The molecule has 2 aliphatic carbocycles. The fourth-order valence-corrected chi connectivity index (χ4v) is 5.08. The predicted molar refractivity (Wildman–Crippen MR) is 111 cm³/mol. The van der Waals surface area contributed by atoms with E-state index >= 15 is 0 Å². The molecule has 2 aliphatic rings. The highest BCUT2D eigenvalue weighted by molar-refractivity contribution is 5.94. The molecule has 26 heavy (non-hydrogen) atoms. The SMILES string of the molecule is CC1=C(c2ccccc2)CCc2c1ccc1c2C(C)Cc2ccccc2-1. The first kappa shape index (κ1) is 15.6. The quantitative estimate of drug-likeness (QED) is 0.454. The second-order valence-electron chi connectivity index (χ2n) is 7.78. The van der Waals surface area contributed by atoms with Gasteiger partial charge in [0, 0.05) is 0 Å². The van der Waals surface area contributed by atoms with Crippen LogP contribution >= 0.6 is 0 Å². The predicted octanol–water partition coefficient (Wildman–Crippen LogP) is 6.89. The van der Waals surface area contributed by atoms with Crippen LogP contribution in [0.25, 0.3) is 22.3 Å². The maximum absolute atomic E-state index is 2.40. The molecule has 128 valence electrons. The Balaban J connectivity index is 1.71. The van der Waals surface area contributed by atoms with E-state index in [0.29, 0.717) is 5.92 Å². The minimum absolute atomic E-state index is 0.598. The van der Waals surface area contributed by atoms with Crippen molar-refractivity contribution in [2.75, 3.05) is 0 Å². The molecular weight excluding hydrogens is 312 g/mol. The number of fused-ring (bicyclic) bond motifs is 5. The lowest BCUT2D eigenvalue weighted by atomic mass is 9.72. The number of benzene rings is 3. The van der Waals surface area contributed by atoms with Crippen LogP contribution in [0.1, 0.15) is 54.0 Å². The van der Waals surface area contributed by atoms with Gasteiger partial charge in [-0.05, 0) is 82.2 Å². The summed E-state index contributed by atoms with van der Waals surface area (Å²) in [6.45, 7) is 4.72. The normalized spacial score (nSPS) is 18.2. The van der Waals surface area contributed by atoms with E-state index in [-0.39, 0.29) is 0 Å². The van der Waals surface area contributed by atoms with Crippen molar-refractivity contribution in [1.29, 1.82) is 0 Å². The first-order valence-electron chi connectivity index (χ1n) is 9.73. The van der Waals surface area contributed by atoms with Crippen LogP contribution in [-0.4, -0.2) is 0 Å². The number of hydrogen-bond acceptors (Lipinski definition) is 0. The van der Waals surface area contributed by atoms with Crippen LogP contribution in [-0.2, 0) is 12.8 Å². The molecule has 0 nitrogen and oxygen atoms in total. The Labute approximate surface area is 156 Å². The average molecular weight is 336 g/mol. The Morgan fingerprint density at radius 3 is 2.31 bits per heavy atom. The van der Waals surface area contributed by atoms with Crippen LogP contribution in [0.2, 0.25) is 0 Å². The molecule has 0 bridgehead atoms. The van der Waals surface area contributed by atoms with Gasteiger partial charge in [-0.15, -0.1) is 0 Å². The topological polar surface area (TPSA) is 0 Å². The third-order valence-corrected chi connectivity index (χ3v) is 6.29. The van der Waals surface area contributed by atoms with Crippen molar-refractivity contribution in [1.82, 2.24) is 0 Å². The van der Waals surface area contributed by atoms with Gasteiger partial charge in [0.25, 0.3) is 0 Å². The van der Waals surface area contributed by atoms with Crippen LogP contribution in [0, 0.1) is 0 Å². The molecule has 1 atom stereocenters. The third kappa shape index (κ3) is 2.29. The molecule has 0 saturated heterocycles. The van der Waals surface area contributed by atoms with E-state index in [1.165, 1.54) is 39.0 Å². The summed E-state index contributed by atoms with van der Waals surface area (Å²) in [5, 5.41) is 0. The standard InChI is InChI=1S/C26H24/c1-17-16-20-10-6-7-11-23(20)25-15-13-22-18(2)21(12-14-24(22)26(17)25)19-8-4-3-5-9-19/h3-11,13,15,17H,12,14,16H2,1-2H3. The summed E-state index contributed by atoms with van der Waals surface area (Å²) >= 11 is 0. The van der Waals surface area contributed by atoms with Crippen molar-refractivity contribution >= 4 is 11.1 Å². The maximum Gasteiger partial charge on any atom is -0.0141 e. The fraction of sp³-hybridized carbons (Fsp3) is 0.231. The van der Waals surface area contributed by atoms with Crippen molar-refractivity contribution in [2.45, 2.75) is 39.0 Å². The molecule has 5 rings (SSSR count). The maximum atomic E-state index is 2.40. The summed E-state index contributed by atoms with van der Waals surface area (Å²) in [5.74, 6) is 0.598. The second-order valence-corrected chi connectivity index (χ2v) is 7.78. The molecular formula is C26H24. The summed E-state index contributed by atoms with van der Waals surface area (Å²) in [6.07, 6.45) is 3.47. The molecule has 0 spiro atoms. The molecule has 0 aliphatic heterocycles. The van der Waals surface area contributed by atoms with Crippen LogP contribution in [0.15, 0.2) is 66.7 Å². The smallest absolute Gasteiger partial charge is 0.0141 e. The Morgan fingerprint density at radius 1 is 0.731 bits per heavy atom. The Morgan fingerprint density at radius 2 is 1.46 bits per heavy atom. The third-order valence-electron chi connectivity index (χ3n) is 6.29. The van der Waals surface area contributed by atoms with Crippen LogP contribution in [0.3, 0.4) is 0 Å². The highest BCUT2D eigenvalue weighted by Crippen LogP contribution is 2.46. The molecule has 0 fully saturated rings. The monoisotopic (exact) mass is 336 g/mol. The number of rotatable bonds is 1. The van der Waals surface area contributed by atoms with Gasteiger partial charge in [-0.2, -0.15) is 0 Å². The summed E-state index contributed by atoms with van der Waals surface area (Å²) in [6, 6.07) is 24.6. The van der Waals surface area contributed by atoms with E-state index < -0.39 is 0 Å². The van der Waals surface area contributed by atoms with Gasteiger partial charge >= 0.3 is 0 Å². The van der Waals surface area contributed by atoms with Gasteiger partial charge < -0.3 is 0 Å². The van der Waals surface area contributed by atoms with E-state index in [2.05, 4.69) is 80.6 Å². The first-order chi connectivity index (χ1) is 12.7. The summed E-state index contributed by atoms with van der Waals surface area (Å²) < 4.78 is 0. The Hall–Kier alpha value is -2.60. The second kappa shape index (κ2) is 5.99. The minimum Gasteiger partial charge on any atom is -0.0622 e. The van der Waals surface area contributed by atoms with Crippen molar-refractivity contribution in [2.24, 2.45) is 0 Å². The number of allylic oxidation sites excluding steroid dienone is 2. The van der Waals surface area contributed by atoms with Crippen molar-refractivity contribution in [3.8, 4) is 11.1 Å². The largest absolute Gasteiger partial charge is 0.0622 e. The summed E-state index contributed by atoms with van der Waals surface area (Å²) in [7, 11) is 0. The molecule has 0 N–H and O–H groups in total. The molecule has 0 radical (unpaired) electrons. The molecule has 0 heterocycles. The van der Waals surface area contributed by atoms with Crippen molar-refractivity contribution in [3.63, 3.8) is 0 Å². The number of hydrogen-bond donors (Lipinski definition) is 0. The molecule has 0 heteroatoms. The van der Waals surface area contributed by atoms with E-state index in [4.69, 9.17) is 0 Å². The zero-order valence-corrected chi connectivity index (χ0v) is 15.5. The lowest BCUT2D eigenvalue weighted by molar-refractivity contribution is 0.733. The van der Waals surface area contributed by atoms with Gasteiger partial charge in [0.05, 0.1) is 0 Å². The van der Waals surface area contributed by atoms with E-state index in [1.54, 1.807) is 11.1 Å². The summed E-state index contributed by atoms with van der Waals surface area (Å²) in [5.41, 5.74) is 13.4. The molecule has 0 saturated carbocycles. The zero-order valence-electron chi connectivity index (χ0n) is 15.5. The van der Waals surface area contributed by atoms with E-state index in [0.717, 1.165) is 19.3 Å². The summed E-state index contributed by atoms with van der Waals surface area (Å²) in [4.78, 5) is 0. The Kier molecular flexibility index (Phi) is 3.60. The van der Waals surface area contributed by atoms with Crippen LogP contribution < -0.4 is 0 Å². The van der Waals surface area contributed by atoms with Gasteiger partial charge in [0.2, 0.25) is 0 Å². The minimum atomic E-state index is 0.598. The van der Waals surface area contributed by atoms with Gasteiger partial charge in [0.1, 0.15) is 0 Å². The average Bonchev–Trinajstić information content (AvgIpc) is 2.68. The van der Waals surface area contributed by atoms with Crippen molar-refractivity contribution in [3.05, 3.63) is 94.5 Å². The molecule has 3 aromatic carbocycles. The molecule has 0 amide bonds.